The third-order valence-corrected chi connectivity index (χ3v) is 2.65. The molecule has 0 atom stereocenters. The standard InChI is InChI=1S/C10H8ClN5O2/c11-7-4-3-6(13-14-7)8(17)12-10-16-15-9(18-10)5-1-2-5/h3-5H,1-2H2,(H,12,16,17). The highest BCUT2D eigenvalue weighted by atomic mass is 35.5. The molecular formula is C10H8ClN5O2. The van der Waals surface area contributed by atoms with Crippen LogP contribution >= 0.6 is 11.6 Å². The van der Waals surface area contributed by atoms with Gasteiger partial charge >= 0.3 is 6.01 Å². The first-order valence-corrected chi connectivity index (χ1v) is 5.74. The molecule has 0 unspecified atom stereocenters. The summed E-state index contributed by atoms with van der Waals surface area (Å²) < 4.78 is 5.30. The second-order valence-corrected chi connectivity index (χ2v) is 4.30. The summed E-state index contributed by atoms with van der Waals surface area (Å²) in [6, 6.07) is 3.01. The van der Waals surface area contributed by atoms with Crippen LogP contribution < -0.4 is 5.32 Å². The van der Waals surface area contributed by atoms with E-state index in [0.717, 1.165) is 12.8 Å². The Bertz CT molecular complexity index is 578. The van der Waals surface area contributed by atoms with E-state index in [1.807, 2.05) is 0 Å². The largest absolute Gasteiger partial charge is 0.408 e. The average Bonchev–Trinajstić information content (AvgIpc) is 3.11. The van der Waals surface area contributed by atoms with Crippen LogP contribution in [0.4, 0.5) is 6.01 Å². The molecule has 1 saturated carbocycles. The summed E-state index contributed by atoms with van der Waals surface area (Å²) in [5, 5.41) is 17.5. The van der Waals surface area contributed by atoms with Crippen LogP contribution in [0.2, 0.25) is 5.15 Å². The fraction of sp³-hybridized carbons (Fsp3) is 0.300. The summed E-state index contributed by atoms with van der Waals surface area (Å²) in [6.45, 7) is 0. The normalized spacial score (nSPS) is 14.5. The lowest BCUT2D eigenvalue weighted by Crippen LogP contribution is -2.14. The van der Waals surface area contributed by atoms with Crippen molar-refractivity contribution in [3.63, 3.8) is 0 Å². The van der Waals surface area contributed by atoms with Crippen LogP contribution in [0.15, 0.2) is 16.5 Å². The second kappa shape index (κ2) is 4.34. The van der Waals surface area contributed by atoms with Gasteiger partial charge in [-0.25, -0.2) is 0 Å². The number of hydrogen-bond donors (Lipinski definition) is 1. The number of nitrogens with zero attached hydrogens (tertiary/aromatic N) is 4. The van der Waals surface area contributed by atoms with Crippen molar-refractivity contribution < 1.29 is 9.21 Å². The Morgan fingerprint density at radius 1 is 1.28 bits per heavy atom. The van der Waals surface area contributed by atoms with Crippen molar-refractivity contribution in [2.75, 3.05) is 5.32 Å². The van der Waals surface area contributed by atoms with Crippen molar-refractivity contribution >= 4 is 23.5 Å². The molecule has 2 aromatic rings. The molecule has 0 saturated heterocycles. The highest BCUT2D eigenvalue weighted by Gasteiger charge is 2.29. The molecule has 1 aliphatic carbocycles. The van der Waals surface area contributed by atoms with Crippen molar-refractivity contribution in [1.29, 1.82) is 0 Å². The zero-order valence-electron chi connectivity index (χ0n) is 9.13. The molecule has 2 heterocycles. The maximum Gasteiger partial charge on any atom is 0.322 e. The molecule has 1 fully saturated rings. The Morgan fingerprint density at radius 2 is 2.11 bits per heavy atom. The lowest BCUT2D eigenvalue weighted by molar-refractivity contribution is 0.101. The Labute approximate surface area is 107 Å². The van der Waals surface area contributed by atoms with Gasteiger partial charge in [0.05, 0.1) is 0 Å². The Kier molecular flexibility index (Phi) is 2.67. The molecular weight excluding hydrogens is 258 g/mol. The second-order valence-electron chi connectivity index (χ2n) is 3.92. The summed E-state index contributed by atoms with van der Waals surface area (Å²) in [5.74, 6) is 0.441. The van der Waals surface area contributed by atoms with E-state index < -0.39 is 5.91 Å². The van der Waals surface area contributed by atoms with Crippen molar-refractivity contribution in [1.82, 2.24) is 20.4 Å². The summed E-state index contributed by atoms with van der Waals surface area (Å²) in [4.78, 5) is 11.7. The molecule has 0 radical (unpaired) electrons. The summed E-state index contributed by atoms with van der Waals surface area (Å²) >= 11 is 5.58. The van der Waals surface area contributed by atoms with Gasteiger partial charge in [0.2, 0.25) is 5.89 Å². The zero-order valence-corrected chi connectivity index (χ0v) is 9.89. The molecule has 8 heteroatoms. The van der Waals surface area contributed by atoms with Gasteiger partial charge in [0.1, 0.15) is 0 Å². The smallest absolute Gasteiger partial charge is 0.322 e. The third kappa shape index (κ3) is 2.30. The van der Waals surface area contributed by atoms with Gasteiger partial charge in [-0.2, -0.15) is 0 Å². The molecule has 0 aromatic carbocycles. The summed E-state index contributed by atoms with van der Waals surface area (Å²) in [5.41, 5.74) is 0.130. The maximum absolute atomic E-state index is 11.7. The van der Waals surface area contributed by atoms with Gasteiger partial charge < -0.3 is 4.42 Å². The average molecular weight is 266 g/mol. The molecule has 7 nitrogen and oxygen atoms in total. The Hall–Kier alpha value is -2.02. The molecule has 3 rings (SSSR count). The number of carbonyl (C=O) groups is 1. The van der Waals surface area contributed by atoms with E-state index in [-0.39, 0.29) is 16.9 Å². The van der Waals surface area contributed by atoms with E-state index >= 15 is 0 Å². The number of halogens is 1. The van der Waals surface area contributed by atoms with Crippen molar-refractivity contribution in [2.45, 2.75) is 18.8 Å². The van der Waals surface area contributed by atoms with E-state index in [1.54, 1.807) is 0 Å². The highest BCUT2D eigenvalue weighted by Crippen LogP contribution is 2.39. The molecule has 18 heavy (non-hydrogen) atoms. The Balaban J connectivity index is 1.70. The fourth-order valence-corrected chi connectivity index (χ4v) is 1.48. The van der Waals surface area contributed by atoms with Crippen molar-refractivity contribution in [3.8, 4) is 0 Å². The van der Waals surface area contributed by atoms with Gasteiger partial charge in [-0.15, -0.1) is 15.3 Å². The zero-order chi connectivity index (χ0) is 12.5. The lowest BCUT2D eigenvalue weighted by Gasteiger charge is -1.98. The number of hydrogen-bond acceptors (Lipinski definition) is 6. The number of amides is 1. The molecule has 1 N–H and O–H groups in total. The maximum atomic E-state index is 11.7. The number of aromatic nitrogens is 4. The highest BCUT2D eigenvalue weighted by molar-refractivity contribution is 6.29. The van der Waals surface area contributed by atoms with Gasteiger partial charge in [0.15, 0.2) is 10.8 Å². The van der Waals surface area contributed by atoms with Crippen LogP contribution in [-0.4, -0.2) is 26.3 Å². The van der Waals surface area contributed by atoms with Crippen LogP contribution in [0.1, 0.15) is 35.1 Å². The minimum absolute atomic E-state index is 0.0682. The van der Waals surface area contributed by atoms with Crippen LogP contribution in [0.25, 0.3) is 0 Å². The predicted molar refractivity (Wildman–Crippen MR) is 61.3 cm³/mol. The van der Waals surface area contributed by atoms with E-state index in [1.165, 1.54) is 12.1 Å². The number of nitrogens with one attached hydrogen (secondary N) is 1. The van der Waals surface area contributed by atoms with Gasteiger partial charge in [-0.05, 0) is 25.0 Å². The number of rotatable bonds is 3. The van der Waals surface area contributed by atoms with Gasteiger partial charge in [0, 0.05) is 5.92 Å². The van der Waals surface area contributed by atoms with Crippen molar-refractivity contribution in [2.24, 2.45) is 0 Å². The Morgan fingerprint density at radius 3 is 2.78 bits per heavy atom. The molecule has 1 amide bonds. The van der Waals surface area contributed by atoms with Gasteiger partial charge in [0.25, 0.3) is 5.91 Å². The molecule has 92 valence electrons. The van der Waals surface area contributed by atoms with Crippen LogP contribution in [-0.2, 0) is 0 Å². The van der Waals surface area contributed by atoms with Crippen LogP contribution in [0, 0.1) is 0 Å². The van der Waals surface area contributed by atoms with Crippen LogP contribution in [0.3, 0.4) is 0 Å². The van der Waals surface area contributed by atoms with Gasteiger partial charge in [-0.1, -0.05) is 16.7 Å². The van der Waals surface area contributed by atoms with Crippen molar-refractivity contribution in [3.05, 3.63) is 28.9 Å². The molecule has 0 spiro atoms. The SMILES string of the molecule is O=C(Nc1nnc(C2CC2)o1)c1ccc(Cl)nn1. The summed E-state index contributed by atoms with van der Waals surface area (Å²) in [6.07, 6.45) is 2.11. The third-order valence-electron chi connectivity index (χ3n) is 2.45. The topological polar surface area (TPSA) is 93.8 Å². The molecule has 1 aliphatic rings. The quantitative estimate of drug-likeness (QED) is 0.907. The lowest BCUT2D eigenvalue weighted by atomic mass is 10.4. The van der Waals surface area contributed by atoms with E-state index in [9.17, 15) is 4.79 Å². The minimum Gasteiger partial charge on any atom is -0.408 e. The number of anilines is 1. The van der Waals surface area contributed by atoms with E-state index in [4.69, 9.17) is 16.0 Å². The van der Waals surface area contributed by atoms with Gasteiger partial charge in [-0.3, -0.25) is 10.1 Å². The molecule has 0 bridgehead atoms. The molecule has 2 aromatic heterocycles. The van der Waals surface area contributed by atoms with E-state index in [0.29, 0.717) is 11.8 Å². The monoisotopic (exact) mass is 265 g/mol. The predicted octanol–water partition coefficient (Wildman–Crippen LogP) is 1.64. The fourth-order valence-electron chi connectivity index (χ4n) is 1.38. The first-order chi connectivity index (χ1) is 8.72. The first kappa shape index (κ1) is 11.1. The van der Waals surface area contributed by atoms with Crippen LogP contribution in [0.5, 0.6) is 0 Å². The minimum atomic E-state index is -0.467. The first-order valence-electron chi connectivity index (χ1n) is 5.36. The molecule has 0 aliphatic heterocycles. The van der Waals surface area contributed by atoms with E-state index in [2.05, 4.69) is 25.7 Å². The number of carbonyl (C=O) groups excluding carboxylic acids is 1. The summed E-state index contributed by atoms with van der Waals surface area (Å²) in [7, 11) is 0.